The molecule has 0 spiro atoms. The van der Waals surface area contributed by atoms with Crippen molar-refractivity contribution < 1.29 is 4.74 Å². The first-order valence-corrected chi connectivity index (χ1v) is 5.44. The van der Waals surface area contributed by atoms with Crippen molar-refractivity contribution in [1.82, 2.24) is 10.3 Å². The molecule has 0 aromatic heterocycles. The predicted molar refractivity (Wildman–Crippen MR) is 57.9 cm³/mol. The molecule has 0 bridgehead atoms. The van der Waals surface area contributed by atoms with Gasteiger partial charge in [-0.1, -0.05) is 6.92 Å². The number of nitrogens with zero attached hydrogens (tertiary/aromatic N) is 1. The predicted octanol–water partition coefficient (Wildman–Crippen LogP) is 0.339. The van der Waals surface area contributed by atoms with E-state index in [1.54, 1.807) is 0 Å². The molecule has 0 aromatic carbocycles. The summed E-state index contributed by atoms with van der Waals surface area (Å²) in [5.74, 6) is 5.53. The van der Waals surface area contributed by atoms with Crippen molar-refractivity contribution in [2.24, 2.45) is 5.84 Å². The van der Waals surface area contributed by atoms with Crippen molar-refractivity contribution in [3.05, 3.63) is 0 Å². The van der Waals surface area contributed by atoms with Gasteiger partial charge in [0.1, 0.15) is 0 Å². The quantitative estimate of drug-likeness (QED) is 0.509. The summed E-state index contributed by atoms with van der Waals surface area (Å²) in [7, 11) is 0. The van der Waals surface area contributed by atoms with Crippen molar-refractivity contribution in [3.8, 4) is 0 Å². The van der Waals surface area contributed by atoms with Crippen molar-refractivity contribution >= 4 is 0 Å². The van der Waals surface area contributed by atoms with Crippen LogP contribution in [0.4, 0.5) is 0 Å². The first-order chi connectivity index (χ1) is 6.65. The summed E-state index contributed by atoms with van der Waals surface area (Å²) < 4.78 is 5.36. The standard InChI is InChI=1S/C10H23N3O/c1-4-10(3,9(2)12-11)13-5-7-14-8-6-13/h9,12H,4-8,11H2,1-3H3. The summed E-state index contributed by atoms with van der Waals surface area (Å²) in [4.78, 5) is 2.47. The normalized spacial score (nSPS) is 25.7. The van der Waals surface area contributed by atoms with Crippen LogP contribution in [0.5, 0.6) is 0 Å². The molecule has 0 aromatic rings. The summed E-state index contributed by atoms with van der Waals surface area (Å²) >= 11 is 0. The van der Waals surface area contributed by atoms with Gasteiger partial charge in [-0.15, -0.1) is 0 Å². The van der Waals surface area contributed by atoms with Crippen molar-refractivity contribution in [1.29, 1.82) is 0 Å². The number of hydrazine groups is 1. The highest BCUT2D eigenvalue weighted by Crippen LogP contribution is 2.24. The zero-order chi connectivity index (χ0) is 10.6. The van der Waals surface area contributed by atoms with Gasteiger partial charge in [0.15, 0.2) is 0 Å². The van der Waals surface area contributed by atoms with Crippen molar-refractivity contribution in [3.63, 3.8) is 0 Å². The Morgan fingerprint density at radius 3 is 2.50 bits per heavy atom. The van der Waals surface area contributed by atoms with E-state index in [-0.39, 0.29) is 5.54 Å². The Morgan fingerprint density at radius 2 is 2.07 bits per heavy atom. The fraction of sp³-hybridized carbons (Fsp3) is 1.00. The topological polar surface area (TPSA) is 50.5 Å². The van der Waals surface area contributed by atoms with Crippen molar-refractivity contribution in [2.45, 2.75) is 38.8 Å². The number of nitrogens with one attached hydrogen (secondary N) is 1. The minimum Gasteiger partial charge on any atom is -0.379 e. The number of rotatable bonds is 4. The zero-order valence-corrected chi connectivity index (χ0v) is 9.55. The van der Waals surface area contributed by atoms with E-state index in [1.165, 1.54) is 0 Å². The molecule has 4 heteroatoms. The Labute approximate surface area is 86.8 Å². The molecule has 1 heterocycles. The van der Waals surface area contributed by atoms with Gasteiger partial charge in [-0.3, -0.25) is 16.2 Å². The smallest absolute Gasteiger partial charge is 0.0594 e. The molecule has 4 nitrogen and oxygen atoms in total. The molecule has 2 atom stereocenters. The van der Waals surface area contributed by atoms with Gasteiger partial charge in [-0.05, 0) is 20.3 Å². The highest BCUT2D eigenvalue weighted by Gasteiger charge is 2.35. The molecule has 14 heavy (non-hydrogen) atoms. The lowest BCUT2D eigenvalue weighted by atomic mass is 9.88. The van der Waals surface area contributed by atoms with Crippen LogP contribution in [0, 0.1) is 0 Å². The fourth-order valence-corrected chi connectivity index (χ4v) is 2.06. The highest BCUT2D eigenvalue weighted by molar-refractivity contribution is 4.93. The molecule has 0 saturated carbocycles. The molecule has 84 valence electrons. The average Bonchev–Trinajstić information content (AvgIpc) is 2.28. The van der Waals surface area contributed by atoms with Gasteiger partial charge in [0.05, 0.1) is 13.2 Å². The van der Waals surface area contributed by atoms with Crippen LogP contribution >= 0.6 is 0 Å². The minimum absolute atomic E-state index is 0.137. The van der Waals surface area contributed by atoms with Crippen LogP contribution in [-0.2, 0) is 4.74 Å². The molecule has 2 unspecified atom stereocenters. The van der Waals surface area contributed by atoms with Gasteiger partial charge < -0.3 is 4.74 Å². The molecular formula is C10H23N3O. The lowest BCUT2D eigenvalue weighted by Crippen LogP contribution is -2.61. The van der Waals surface area contributed by atoms with Crippen LogP contribution in [0.2, 0.25) is 0 Å². The second-order valence-electron chi connectivity index (χ2n) is 4.20. The fourth-order valence-electron chi connectivity index (χ4n) is 2.06. The Morgan fingerprint density at radius 1 is 1.50 bits per heavy atom. The maximum absolute atomic E-state index is 5.53. The van der Waals surface area contributed by atoms with E-state index in [1.807, 2.05) is 0 Å². The van der Waals surface area contributed by atoms with E-state index in [2.05, 4.69) is 31.1 Å². The average molecular weight is 201 g/mol. The first-order valence-electron chi connectivity index (χ1n) is 5.44. The lowest BCUT2D eigenvalue weighted by molar-refractivity contribution is -0.0298. The maximum Gasteiger partial charge on any atom is 0.0594 e. The second-order valence-corrected chi connectivity index (χ2v) is 4.20. The molecule has 1 aliphatic rings. The van der Waals surface area contributed by atoms with Gasteiger partial charge in [0, 0.05) is 24.7 Å². The maximum atomic E-state index is 5.53. The number of hydrogen-bond donors (Lipinski definition) is 2. The third-order valence-electron chi connectivity index (χ3n) is 3.63. The molecule has 1 rings (SSSR count). The molecule has 1 aliphatic heterocycles. The van der Waals surface area contributed by atoms with Gasteiger partial charge in [-0.25, -0.2) is 0 Å². The van der Waals surface area contributed by atoms with Crippen LogP contribution in [-0.4, -0.2) is 42.8 Å². The molecule has 0 amide bonds. The number of hydrogen-bond acceptors (Lipinski definition) is 4. The molecule has 3 N–H and O–H groups in total. The minimum atomic E-state index is 0.137. The summed E-state index contributed by atoms with van der Waals surface area (Å²) in [6.07, 6.45) is 1.10. The zero-order valence-electron chi connectivity index (χ0n) is 9.55. The van der Waals surface area contributed by atoms with Crippen LogP contribution in [0.25, 0.3) is 0 Å². The van der Waals surface area contributed by atoms with Crippen LogP contribution in [0.3, 0.4) is 0 Å². The molecular weight excluding hydrogens is 178 g/mol. The van der Waals surface area contributed by atoms with E-state index in [9.17, 15) is 0 Å². The van der Waals surface area contributed by atoms with Gasteiger partial charge in [0.25, 0.3) is 0 Å². The van der Waals surface area contributed by atoms with Gasteiger partial charge in [-0.2, -0.15) is 0 Å². The highest BCUT2D eigenvalue weighted by atomic mass is 16.5. The number of ether oxygens (including phenoxy) is 1. The number of morpholine rings is 1. The Hall–Kier alpha value is -0.160. The third kappa shape index (κ3) is 2.25. The van der Waals surface area contributed by atoms with E-state index >= 15 is 0 Å². The van der Waals surface area contributed by atoms with Crippen LogP contribution in [0.15, 0.2) is 0 Å². The molecule has 1 saturated heterocycles. The van der Waals surface area contributed by atoms with Gasteiger partial charge >= 0.3 is 0 Å². The van der Waals surface area contributed by atoms with Crippen molar-refractivity contribution in [2.75, 3.05) is 26.3 Å². The van der Waals surface area contributed by atoms with E-state index < -0.39 is 0 Å². The van der Waals surface area contributed by atoms with Crippen LogP contribution < -0.4 is 11.3 Å². The summed E-state index contributed by atoms with van der Waals surface area (Å²) in [5, 5.41) is 0. The molecule has 0 radical (unpaired) electrons. The SMILES string of the molecule is CCC(C)(C(C)NN)N1CCOCC1. The Bertz CT molecular complexity index is 171. The van der Waals surface area contributed by atoms with E-state index in [4.69, 9.17) is 10.6 Å². The lowest BCUT2D eigenvalue weighted by Gasteiger charge is -2.46. The Balaban J connectivity index is 2.65. The van der Waals surface area contributed by atoms with E-state index in [0.717, 1.165) is 32.7 Å². The summed E-state index contributed by atoms with van der Waals surface area (Å²) in [6.45, 7) is 10.3. The number of nitrogens with two attached hydrogens (primary N) is 1. The molecule has 1 fully saturated rings. The Kier molecular flexibility index (Phi) is 4.31. The van der Waals surface area contributed by atoms with Crippen LogP contribution in [0.1, 0.15) is 27.2 Å². The van der Waals surface area contributed by atoms with E-state index in [0.29, 0.717) is 6.04 Å². The summed E-state index contributed by atoms with van der Waals surface area (Å²) in [6, 6.07) is 0.297. The summed E-state index contributed by atoms with van der Waals surface area (Å²) in [5.41, 5.74) is 3.01. The monoisotopic (exact) mass is 201 g/mol. The van der Waals surface area contributed by atoms with Gasteiger partial charge in [0.2, 0.25) is 0 Å². The molecule has 0 aliphatic carbocycles. The first kappa shape index (κ1) is 11.9. The second kappa shape index (κ2) is 5.07. The third-order valence-corrected chi connectivity index (χ3v) is 3.63. The largest absolute Gasteiger partial charge is 0.379 e.